The van der Waals surface area contributed by atoms with Gasteiger partial charge in [-0.2, -0.15) is 0 Å². The van der Waals surface area contributed by atoms with Crippen LogP contribution in [-0.2, 0) is 18.4 Å². The molecular weight excluding hydrogens is 510 g/mol. The first-order valence-corrected chi connectivity index (χ1v) is 18.5. The van der Waals surface area contributed by atoms with E-state index in [0.717, 1.165) is 0 Å². The molecule has 0 spiro atoms. The van der Waals surface area contributed by atoms with Crippen molar-refractivity contribution in [2.45, 2.75) is 109 Å². The Morgan fingerprint density at radius 2 is 1.62 bits per heavy atom. The van der Waals surface area contributed by atoms with Gasteiger partial charge in [0.1, 0.15) is 30.2 Å². The molecule has 3 N–H and O–H groups in total. The minimum atomic E-state index is -2.39. The summed E-state index contributed by atoms with van der Waals surface area (Å²) in [4.78, 5) is 36.2. The number of amides is 1. The van der Waals surface area contributed by atoms with Gasteiger partial charge in [0.25, 0.3) is 0 Å². The normalized spacial score (nSPS) is 23.6. The number of hydrogen-bond acceptors (Lipinski definition) is 8. The number of aromatic nitrogens is 4. The number of H-pyrrole nitrogens is 1. The number of aliphatic hydroxyl groups is 1. The average molecular weight is 554 g/mol. The largest absolute Gasteiger partial charge is 0.408 e. The maximum absolute atomic E-state index is 13.3. The molecule has 1 fully saturated rings. The van der Waals surface area contributed by atoms with Crippen LogP contribution in [0, 0.1) is 0 Å². The molecule has 0 bridgehead atoms. The molecule has 0 radical (unpaired) electrons. The van der Waals surface area contributed by atoms with E-state index < -0.39 is 46.9 Å². The molecule has 0 saturated carbocycles. The number of nitrogens with zero attached hydrogens (tertiary/aromatic N) is 3. The second-order valence-corrected chi connectivity index (χ2v) is 22.3. The summed E-state index contributed by atoms with van der Waals surface area (Å²) in [6.07, 6.45) is -1.62. The first-order chi connectivity index (χ1) is 16.8. The van der Waals surface area contributed by atoms with Gasteiger partial charge in [-0.15, -0.1) is 0 Å². The van der Waals surface area contributed by atoms with Crippen molar-refractivity contribution in [3.8, 4) is 0 Å². The zero-order valence-electron chi connectivity index (χ0n) is 23.9. The molecule has 2 aromatic heterocycles. The van der Waals surface area contributed by atoms with Crippen molar-refractivity contribution in [2.75, 3.05) is 11.9 Å². The number of carbonyl (C=O) groups excluding carboxylic acids is 1. The van der Waals surface area contributed by atoms with Gasteiger partial charge in [-0.05, 0) is 36.3 Å². The summed E-state index contributed by atoms with van der Waals surface area (Å²) in [5.41, 5.74) is 0.0644. The number of hydrogen-bond donors (Lipinski definition) is 3. The topological polar surface area (TPSA) is 141 Å². The lowest BCUT2D eigenvalue weighted by Gasteiger charge is -2.44. The summed E-state index contributed by atoms with van der Waals surface area (Å²) in [5.74, 6) is -0.131. The number of imidazole rings is 1. The minimum Gasteiger partial charge on any atom is -0.408 e. The molecule has 1 saturated heterocycles. The number of ether oxygens (including phenoxy) is 1. The molecule has 1 aliphatic rings. The summed E-state index contributed by atoms with van der Waals surface area (Å²) in [6, 6.07) is 0. The lowest BCUT2D eigenvalue weighted by atomic mass is 10.1. The quantitative estimate of drug-likeness (QED) is 0.440. The van der Waals surface area contributed by atoms with Gasteiger partial charge in [-0.3, -0.25) is 4.79 Å². The smallest absolute Gasteiger partial charge is 0.330 e. The summed E-state index contributed by atoms with van der Waals surface area (Å²) in [7, 11) is -4.71. The summed E-state index contributed by atoms with van der Waals surface area (Å²) < 4.78 is 21.5. The number of carbonyl (C=O) groups is 1. The lowest BCUT2D eigenvalue weighted by Crippen LogP contribution is -2.54. The number of anilines is 1. The van der Waals surface area contributed by atoms with Crippen LogP contribution in [0.25, 0.3) is 11.2 Å². The highest BCUT2D eigenvalue weighted by Gasteiger charge is 2.54. The van der Waals surface area contributed by atoms with E-state index in [4.69, 9.17) is 13.6 Å². The van der Waals surface area contributed by atoms with Gasteiger partial charge in [0.2, 0.25) is 5.91 Å². The number of aromatic amines is 1. The lowest BCUT2D eigenvalue weighted by molar-refractivity contribution is -0.114. The third-order valence-electron chi connectivity index (χ3n) is 7.99. The molecule has 0 aromatic carbocycles. The van der Waals surface area contributed by atoms with E-state index in [1.807, 2.05) is 0 Å². The Morgan fingerprint density at radius 3 is 2.11 bits per heavy atom. The zero-order chi connectivity index (χ0) is 28.1. The highest BCUT2D eigenvalue weighted by molar-refractivity contribution is 6.74. The van der Waals surface area contributed by atoms with Gasteiger partial charge >= 0.3 is 5.69 Å². The van der Waals surface area contributed by atoms with Crippen LogP contribution in [0.2, 0.25) is 36.3 Å². The molecule has 0 aliphatic carbocycles. The number of rotatable bonds is 7. The van der Waals surface area contributed by atoms with E-state index in [0.29, 0.717) is 0 Å². The fraction of sp³-hybridized carbons (Fsp3) is 0.750. The maximum atomic E-state index is 13.3. The first kappa shape index (κ1) is 29.6. The van der Waals surface area contributed by atoms with Crippen LogP contribution in [0.3, 0.4) is 0 Å². The van der Waals surface area contributed by atoms with E-state index in [1.165, 1.54) is 17.8 Å². The van der Waals surface area contributed by atoms with E-state index in [1.54, 1.807) is 0 Å². The molecule has 2 aromatic rings. The Morgan fingerprint density at radius 1 is 1.08 bits per heavy atom. The number of aliphatic hydroxyl groups excluding tert-OH is 1. The fourth-order valence-corrected chi connectivity index (χ4v) is 6.40. The van der Waals surface area contributed by atoms with Crippen molar-refractivity contribution < 1.29 is 23.5 Å². The van der Waals surface area contributed by atoms with Gasteiger partial charge < -0.3 is 29.0 Å². The van der Waals surface area contributed by atoms with Crippen molar-refractivity contribution in [1.82, 2.24) is 19.5 Å². The molecule has 3 heterocycles. The van der Waals surface area contributed by atoms with Gasteiger partial charge in [0, 0.05) is 6.92 Å². The highest BCUT2D eigenvalue weighted by atomic mass is 28.4. The standard InChI is InChI=1S/C24H43N5O6Si2/c1-14(31)27-19-16-20(26-13-25-19)29(22(32)28-16)21-18(35-37(10,11)24(5,6)7)17(15(12-30)33-21)34-36(8,9)23(2,3)4/h13,15,17-18,21,30H,12H2,1-11H3,(H,28,32)(H,25,26,27,31)/t15-,17-,18-,21-/m1/s1. The van der Waals surface area contributed by atoms with Crippen LogP contribution in [0.15, 0.2) is 11.1 Å². The van der Waals surface area contributed by atoms with Gasteiger partial charge in [0.15, 0.2) is 34.3 Å². The SMILES string of the molecule is CC(=O)Nc1ncnc2c1[nH]c(=O)n2[C@@H]1O[C@H](CO)[C@@H](O[Si](C)(C)C(C)(C)C)[C@H]1O[Si](C)(C)C(C)(C)C. The van der Waals surface area contributed by atoms with Crippen molar-refractivity contribution in [3.05, 3.63) is 16.8 Å². The number of nitrogens with one attached hydrogen (secondary N) is 2. The van der Waals surface area contributed by atoms with Crippen LogP contribution >= 0.6 is 0 Å². The molecule has 11 nitrogen and oxygen atoms in total. The van der Waals surface area contributed by atoms with E-state index in [-0.39, 0.29) is 39.6 Å². The van der Waals surface area contributed by atoms with Crippen molar-refractivity contribution in [3.63, 3.8) is 0 Å². The Hall–Kier alpha value is -1.91. The maximum Gasteiger partial charge on any atom is 0.330 e. The molecule has 1 amide bonds. The van der Waals surface area contributed by atoms with E-state index >= 15 is 0 Å². The molecule has 208 valence electrons. The Bertz CT molecular complexity index is 1200. The summed E-state index contributed by atoms with van der Waals surface area (Å²) in [5, 5.41) is 12.8. The van der Waals surface area contributed by atoms with Crippen molar-refractivity contribution in [1.29, 1.82) is 0 Å². The van der Waals surface area contributed by atoms with Crippen LogP contribution in [-0.4, -0.2) is 72.1 Å². The molecule has 4 atom stereocenters. The van der Waals surface area contributed by atoms with Crippen molar-refractivity contribution >= 4 is 39.5 Å². The van der Waals surface area contributed by atoms with E-state index in [2.05, 4.69) is 88.0 Å². The molecule has 37 heavy (non-hydrogen) atoms. The minimum absolute atomic E-state index is 0.0925. The summed E-state index contributed by atoms with van der Waals surface area (Å²) in [6.45, 7) is 22.5. The van der Waals surface area contributed by atoms with Crippen LogP contribution in [0.4, 0.5) is 5.82 Å². The third-order valence-corrected chi connectivity index (χ3v) is 16.9. The summed E-state index contributed by atoms with van der Waals surface area (Å²) >= 11 is 0. The van der Waals surface area contributed by atoms with E-state index in [9.17, 15) is 14.7 Å². The van der Waals surface area contributed by atoms with Gasteiger partial charge in [-0.1, -0.05) is 41.5 Å². The van der Waals surface area contributed by atoms with Crippen molar-refractivity contribution in [2.24, 2.45) is 0 Å². The Balaban J connectivity index is 2.19. The highest BCUT2D eigenvalue weighted by Crippen LogP contribution is 2.45. The Kier molecular flexibility index (Phi) is 8.02. The van der Waals surface area contributed by atoms with Crippen LogP contribution < -0.4 is 11.0 Å². The van der Waals surface area contributed by atoms with Crippen LogP contribution in [0.1, 0.15) is 54.7 Å². The predicted molar refractivity (Wildman–Crippen MR) is 148 cm³/mol. The number of fused-ring (bicyclic) bond motifs is 1. The second-order valence-electron chi connectivity index (χ2n) is 12.8. The average Bonchev–Trinajstić information content (AvgIpc) is 3.22. The van der Waals surface area contributed by atoms with Gasteiger partial charge in [0.05, 0.1) is 6.61 Å². The zero-order valence-corrected chi connectivity index (χ0v) is 25.9. The monoisotopic (exact) mass is 553 g/mol. The second kappa shape index (κ2) is 10.0. The molecule has 1 aliphatic heterocycles. The predicted octanol–water partition coefficient (Wildman–Crippen LogP) is 3.75. The van der Waals surface area contributed by atoms with Gasteiger partial charge in [-0.25, -0.2) is 19.3 Å². The molecular formula is C24H43N5O6Si2. The Labute approximate surface area is 220 Å². The molecule has 3 rings (SSSR count). The van der Waals surface area contributed by atoms with Crippen LogP contribution in [0.5, 0.6) is 0 Å². The fourth-order valence-electron chi connectivity index (χ4n) is 3.80. The third kappa shape index (κ3) is 5.76. The first-order valence-electron chi connectivity index (χ1n) is 12.7. The molecule has 13 heteroatoms. The molecule has 0 unspecified atom stereocenters.